The van der Waals surface area contributed by atoms with Gasteiger partial charge in [-0.2, -0.15) is 0 Å². The van der Waals surface area contributed by atoms with Crippen LogP contribution in [0.15, 0.2) is 60.0 Å². The summed E-state index contributed by atoms with van der Waals surface area (Å²) in [4.78, 5) is 16.5. The van der Waals surface area contributed by atoms with Crippen molar-refractivity contribution >= 4 is 28.4 Å². The first kappa shape index (κ1) is 18.3. The average Bonchev–Trinajstić information content (AvgIpc) is 3.30. The molecule has 142 valence electrons. The third-order valence-corrected chi connectivity index (χ3v) is 5.70. The first-order valence-corrected chi connectivity index (χ1v) is 9.79. The average molecular weight is 392 g/mol. The molecule has 2 heterocycles. The van der Waals surface area contributed by atoms with Gasteiger partial charge in [-0.3, -0.25) is 9.36 Å². The van der Waals surface area contributed by atoms with Crippen LogP contribution < -0.4 is 4.74 Å². The molecule has 4 rings (SSSR count). The zero-order valence-electron chi connectivity index (χ0n) is 15.8. The smallest absolute Gasteiger partial charge is 0.196 e. The van der Waals surface area contributed by atoms with Gasteiger partial charge >= 0.3 is 0 Å². The Morgan fingerprint density at radius 1 is 1.21 bits per heavy atom. The fourth-order valence-electron chi connectivity index (χ4n) is 3.25. The van der Waals surface area contributed by atoms with E-state index in [9.17, 15) is 4.79 Å². The van der Waals surface area contributed by atoms with E-state index in [0.717, 1.165) is 33.6 Å². The quantitative estimate of drug-likeness (QED) is 0.388. The maximum absolute atomic E-state index is 13.2. The number of aromatic amines is 1. The minimum atomic E-state index is -0.313. The van der Waals surface area contributed by atoms with Gasteiger partial charge in [-0.15, -0.1) is 10.2 Å². The number of fused-ring (bicyclic) bond motifs is 1. The number of carbonyl (C=O) groups is 1. The Morgan fingerprint density at radius 2 is 2.04 bits per heavy atom. The molecule has 0 aliphatic rings. The van der Waals surface area contributed by atoms with Crippen LogP contribution in [0.4, 0.5) is 0 Å². The Morgan fingerprint density at radius 3 is 2.86 bits per heavy atom. The molecule has 1 atom stereocenters. The highest BCUT2D eigenvalue weighted by molar-refractivity contribution is 8.00. The van der Waals surface area contributed by atoms with Crippen LogP contribution in [0.3, 0.4) is 0 Å². The number of hydrogen-bond donors (Lipinski definition) is 1. The highest BCUT2D eigenvalue weighted by Gasteiger charge is 2.24. The summed E-state index contributed by atoms with van der Waals surface area (Å²) in [5, 5.41) is 9.54. The summed E-state index contributed by atoms with van der Waals surface area (Å²) in [6.07, 6.45) is 1.64. The van der Waals surface area contributed by atoms with Gasteiger partial charge in [-0.25, -0.2) is 0 Å². The number of para-hydroxylation sites is 1. The molecule has 2 aromatic carbocycles. The molecular formula is C21H20N4O2S. The number of aromatic nitrogens is 4. The van der Waals surface area contributed by atoms with Crippen LogP contribution in [-0.4, -0.2) is 37.9 Å². The van der Waals surface area contributed by atoms with Crippen LogP contribution in [0.25, 0.3) is 16.6 Å². The molecule has 0 radical (unpaired) electrons. The topological polar surface area (TPSA) is 72.8 Å². The SMILES string of the molecule is COc1cccc(-n2cnnc2SC(C)C(=O)c2c(C)[nH]c3ccccc23)c1. The summed E-state index contributed by atoms with van der Waals surface area (Å²) in [6, 6.07) is 15.5. The van der Waals surface area contributed by atoms with Crippen molar-refractivity contribution < 1.29 is 9.53 Å². The Bertz CT molecular complexity index is 1150. The number of methoxy groups -OCH3 is 1. The third-order valence-electron chi connectivity index (χ3n) is 4.64. The maximum atomic E-state index is 13.2. The number of nitrogens with one attached hydrogen (secondary N) is 1. The molecule has 28 heavy (non-hydrogen) atoms. The standard InChI is InChI=1S/C21H20N4O2S/c1-13-19(17-9-4-5-10-18(17)23-13)20(26)14(2)28-21-24-22-12-25(21)15-7-6-8-16(11-15)27-3/h4-12,14,23H,1-3H3. The summed E-state index contributed by atoms with van der Waals surface area (Å²) in [5.41, 5.74) is 3.48. The lowest BCUT2D eigenvalue weighted by Crippen LogP contribution is -2.15. The van der Waals surface area contributed by atoms with Gasteiger partial charge in [-0.1, -0.05) is 36.0 Å². The van der Waals surface area contributed by atoms with E-state index in [0.29, 0.717) is 5.16 Å². The van der Waals surface area contributed by atoms with Gasteiger partial charge in [0.05, 0.1) is 18.0 Å². The summed E-state index contributed by atoms with van der Waals surface area (Å²) in [7, 11) is 1.63. The number of thioether (sulfide) groups is 1. The fourth-order valence-corrected chi connectivity index (χ4v) is 4.15. The number of carbonyl (C=O) groups excluding carboxylic acids is 1. The fraction of sp³-hybridized carbons (Fsp3) is 0.190. The molecule has 4 aromatic rings. The summed E-state index contributed by atoms with van der Waals surface area (Å²) >= 11 is 1.39. The third kappa shape index (κ3) is 3.29. The zero-order valence-corrected chi connectivity index (χ0v) is 16.7. The van der Waals surface area contributed by atoms with Crippen molar-refractivity contribution in [2.75, 3.05) is 7.11 Å². The van der Waals surface area contributed by atoms with Gasteiger partial charge in [0.15, 0.2) is 10.9 Å². The molecule has 0 amide bonds. The molecule has 1 N–H and O–H groups in total. The lowest BCUT2D eigenvalue weighted by molar-refractivity contribution is 0.0995. The monoisotopic (exact) mass is 392 g/mol. The van der Waals surface area contributed by atoms with E-state index in [4.69, 9.17) is 4.74 Å². The second-order valence-corrected chi connectivity index (χ2v) is 7.79. The van der Waals surface area contributed by atoms with Crippen molar-refractivity contribution in [1.82, 2.24) is 19.7 Å². The number of H-pyrrole nitrogens is 1. The van der Waals surface area contributed by atoms with Crippen LogP contribution >= 0.6 is 11.8 Å². The van der Waals surface area contributed by atoms with Gasteiger partial charge in [0.25, 0.3) is 0 Å². The van der Waals surface area contributed by atoms with E-state index in [2.05, 4.69) is 15.2 Å². The summed E-state index contributed by atoms with van der Waals surface area (Å²) in [5.74, 6) is 0.820. The normalized spacial score (nSPS) is 12.2. The van der Waals surface area contributed by atoms with E-state index < -0.39 is 0 Å². The van der Waals surface area contributed by atoms with Crippen molar-refractivity contribution in [2.45, 2.75) is 24.3 Å². The molecule has 7 heteroatoms. The summed E-state index contributed by atoms with van der Waals surface area (Å²) < 4.78 is 7.16. The highest BCUT2D eigenvalue weighted by Crippen LogP contribution is 2.30. The maximum Gasteiger partial charge on any atom is 0.196 e. The van der Waals surface area contributed by atoms with Crippen LogP contribution in [0.5, 0.6) is 5.75 Å². The van der Waals surface area contributed by atoms with Gasteiger partial charge in [0.2, 0.25) is 0 Å². The van der Waals surface area contributed by atoms with Crippen molar-refractivity contribution in [3.63, 3.8) is 0 Å². The molecule has 0 saturated carbocycles. The van der Waals surface area contributed by atoms with Crippen LogP contribution in [0, 0.1) is 6.92 Å². The number of hydrogen-bond acceptors (Lipinski definition) is 5. The second-order valence-electron chi connectivity index (χ2n) is 6.48. The largest absolute Gasteiger partial charge is 0.497 e. The minimum Gasteiger partial charge on any atom is -0.497 e. The molecule has 0 spiro atoms. The van der Waals surface area contributed by atoms with Gasteiger partial charge in [-0.05, 0) is 32.0 Å². The molecule has 1 unspecified atom stereocenters. The Balaban J connectivity index is 1.62. The van der Waals surface area contributed by atoms with Crippen LogP contribution in [0.2, 0.25) is 0 Å². The van der Waals surface area contributed by atoms with Crippen molar-refractivity contribution in [3.05, 3.63) is 66.1 Å². The van der Waals surface area contributed by atoms with E-state index in [1.807, 2.05) is 66.9 Å². The van der Waals surface area contributed by atoms with Crippen molar-refractivity contribution in [2.24, 2.45) is 0 Å². The van der Waals surface area contributed by atoms with E-state index in [1.54, 1.807) is 13.4 Å². The van der Waals surface area contributed by atoms with Gasteiger partial charge in [0.1, 0.15) is 12.1 Å². The minimum absolute atomic E-state index is 0.0696. The summed E-state index contributed by atoms with van der Waals surface area (Å²) in [6.45, 7) is 3.84. The molecular weight excluding hydrogens is 372 g/mol. The molecule has 0 aliphatic heterocycles. The van der Waals surface area contributed by atoms with Gasteiger partial charge in [0, 0.05) is 28.2 Å². The Kier molecular flexibility index (Phi) is 4.92. The zero-order chi connectivity index (χ0) is 19.7. The van der Waals surface area contributed by atoms with Crippen molar-refractivity contribution in [3.8, 4) is 11.4 Å². The first-order valence-electron chi connectivity index (χ1n) is 8.91. The Hall–Kier alpha value is -3.06. The molecule has 2 aromatic heterocycles. The number of ether oxygens (including phenoxy) is 1. The lowest BCUT2D eigenvalue weighted by atomic mass is 10.1. The number of ketones is 1. The first-order chi connectivity index (χ1) is 13.6. The number of benzene rings is 2. The Labute approximate surface area is 166 Å². The molecule has 0 aliphatic carbocycles. The van der Waals surface area contributed by atoms with Crippen molar-refractivity contribution in [1.29, 1.82) is 0 Å². The van der Waals surface area contributed by atoms with E-state index in [1.165, 1.54) is 11.8 Å². The number of rotatable bonds is 6. The van der Waals surface area contributed by atoms with E-state index in [-0.39, 0.29) is 11.0 Å². The molecule has 0 fully saturated rings. The predicted molar refractivity (Wildman–Crippen MR) is 111 cm³/mol. The predicted octanol–water partition coefficient (Wildman–Crippen LogP) is 4.43. The second kappa shape index (κ2) is 7.52. The number of aryl methyl sites for hydroxylation is 1. The van der Waals surface area contributed by atoms with Crippen LogP contribution in [-0.2, 0) is 0 Å². The highest BCUT2D eigenvalue weighted by atomic mass is 32.2. The van der Waals surface area contributed by atoms with Gasteiger partial charge < -0.3 is 9.72 Å². The van der Waals surface area contributed by atoms with Crippen LogP contribution in [0.1, 0.15) is 23.0 Å². The number of Topliss-reactive ketones (excluding diaryl/α,β-unsaturated/α-hetero) is 1. The molecule has 0 bridgehead atoms. The van der Waals surface area contributed by atoms with E-state index >= 15 is 0 Å². The number of nitrogens with zero attached hydrogens (tertiary/aromatic N) is 3. The lowest BCUT2D eigenvalue weighted by Gasteiger charge is -2.12. The molecule has 6 nitrogen and oxygen atoms in total. The molecule has 0 saturated heterocycles.